The van der Waals surface area contributed by atoms with Crippen molar-refractivity contribution in [1.82, 2.24) is 14.7 Å². The largest absolute Gasteiger partial charge is 0.311 e. The second kappa shape index (κ2) is 7.23. The lowest BCUT2D eigenvalue weighted by Gasteiger charge is -2.09. The summed E-state index contributed by atoms with van der Waals surface area (Å²) in [4.78, 5) is 5.86. The van der Waals surface area contributed by atoms with Gasteiger partial charge in [0, 0.05) is 29.6 Å². The third-order valence-electron chi connectivity index (χ3n) is 2.38. The number of nitrogens with zero attached hydrogens (tertiary/aromatic N) is 2. The van der Waals surface area contributed by atoms with E-state index in [4.69, 9.17) is 0 Å². The van der Waals surface area contributed by atoms with Crippen molar-refractivity contribution < 1.29 is 0 Å². The lowest BCUT2D eigenvalue weighted by Crippen LogP contribution is -2.21. The summed E-state index contributed by atoms with van der Waals surface area (Å²) in [6, 6.07) is 4.25. The first-order valence-corrected chi connectivity index (χ1v) is 8.53. The van der Waals surface area contributed by atoms with Gasteiger partial charge in [-0.05, 0) is 23.0 Å². The highest BCUT2D eigenvalue weighted by atomic mass is 32.2. The predicted molar refractivity (Wildman–Crippen MR) is 80.6 cm³/mol. The minimum Gasteiger partial charge on any atom is -0.311 e. The number of hydrogen-bond donors (Lipinski definition) is 1. The SMILES string of the molecule is CCc1nsc(SC(C)CNCc2cccs2)n1. The van der Waals surface area contributed by atoms with Crippen LogP contribution in [0.5, 0.6) is 0 Å². The Kier molecular flexibility index (Phi) is 5.62. The Labute approximate surface area is 120 Å². The second-order valence-electron chi connectivity index (χ2n) is 3.97. The second-order valence-corrected chi connectivity index (χ2v) is 7.44. The van der Waals surface area contributed by atoms with Gasteiger partial charge in [-0.2, -0.15) is 4.37 Å². The van der Waals surface area contributed by atoms with Crippen LogP contribution in [0, 0.1) is 0 Å². The van der Waals surface area contributed by atoms with Gasteiger partial charge in [0.2, 0.25) is 0 Å². The van der Waals surface area contributed by atoms with Crippen LogP contribution >= 0.6 is 34.6 Å². The molecule has 0 aliphatic rings. The highest BCUT2D eigenvalue weighted by Crippen LogP contribution is 2.24. The monoisotopic (exact) mass is 299 g/mol. The first kappa shape index (κ1) is 14.0. The van der Waals surface area contributed by atoms with Crippen molar-refractivity contribution in [1.29, 1.82) is 0 Å². The minimum absolute atomic E-state index is 0.516. The van der Waals surface area contributed by atoms with Crippen LogP contribution in [-0.4, -0.2) is 21.2 Å². The third kappa shape index (κ3) is 4.35. The summed E-state index contributed by atoms with van der Waals surface area (Å²) in [5, 5.41) is 6.10. The topological polar surface area (TPSA) is 37.8 Å². The van der Waals surface area contributed by atoms with Gasteiger partial charge in [-0.1, -0.05) is 31.7 Å². The van der Waals surface area contributed by atoms with E-state index in [9.17, 15) is 0 Å². The summed E-state index contributed by atoms with van der Waals surface area (Å²) in [5.74, 6) is 0.959. The molecule has 18 heavy (non-hydrogen) atoms. The molecule has 0 aliphatic heterocycles. The fourth-order valence-corrected chi connectivity index (χ4v) is 4.11. The van der Waals surface area contributed by atoms with E-state index >= 15 is 0 Å². The molecule has 1 N–H and O–H groups in total. The Bertz CT molecular complexity index is 453. The predicted octanol–water partition coefficient (Wildman–Crippen LogP) is 3.43. The lowest BCUT2D eigenvalue weighted by molar-refractivity contribution is 0.690. The third-order valence-corrected chi connectivity index (χ3v) is 5.18. The molecule has 1 unspecified atom stereocenters. The van der Waals surface area contributed by atoms with E-state index in [1.807, 2.05) is 0 Å². The van der Waals surface area contributed by atoms with Crippen molar-refractivity contribution in [2.24, 2.45) is 0 Å². The molecule has 2 rings (SSSR count). The van der Waals surface area contributed by atoms with Gasteiger partial charge < -0.3 is 5.32 Å². The zero-order chi connectivity index (χ0) is 12.8. The van der Waals surface area contributed by atoms with Gasteiger partial charge in [0.15, 0.2) is 4.34 Å². The van der Waals surface area contributed by atoms with Gasteiger partial charge in [0.25, 0.3) is 0 Å². The molecule has 2 heterocycles. The van der Waals surface area contributed by atoms with E-state index in [2.05, 4.69) is 46.0 Å². The van der Waals surface area contributed by atoms with E-state index < -0.39 is 0 Å². The fourth-order valence-electron chi connectivity index (χ4n) is 1.45. The molecule has 3 nitrogen and oxygen atoms in total. The van der Waals surface area contributed by atoms with Crippen molar-refractivity contribution in [3.63, 3.8) is 0 Å². The number of aromatic nitrogens is 2. The summed E-state index contributed by atoms with van der Waals surface area (Å²) in [6.07, 6.45) is 0.919. The number of nitrogens with one attached hydrogen (secondary N) is 1. The van der Waals surface area contributed by atoms with E-state index in [1.54, 1.807) is 23.1 Å². The highest BCUT2D eigenvalue weighted by molar-refractivity contribution is 8.01. The van der Waals surface area contributed by atoms with Crippen LogP contribution in [0.2, 0.25) is 0 Å². The van der Waals surface area contributed by atoms with Crippen LogP contribution in [0.25, 0.3) is 0 Å². The van der Waals surface area contributed by atoms with E-state index in [0.29, 0.717) is 5.25 Å². The van der Waals surface area contributed by atoms with Gasteiger partial charge in [0.1, 0.15) is 5.82 Å². The average molecular weight is 299 g/mol. The Balaban J connectivity index is 1.70. The molecule has 2 aromatic heterocycles. The van der Waals surface area contributed by atoms with Crippen molar-refractivity contribution in [2.45, 2.75) is 36.4 Å². The molecule has 2 aromatic rings. The zero-order valence-electron chi connectivity index (χ0n) is 10.5. The Morgan fingerprint density at radius 3 is 3.06 bits per heavy atom. The quantitative estimate of drug-likeness (QED) is 0.795. The van der Waals surface area contributed by atoms with Gasteiger partial charge in [-0.3, -0.25) is 0 Å². The maximum absolute atomic E-state index is 4.47. The van der Waals surface area contributed by atoms with Crippen LogP contribution in [0.15, 0.2) is 21.9 Å². The molecule has 0 aliphatic carbocycles. The maximum atomic E-state index is 4.47. The van der Waals surface area contributed by atoms with Crippen LogP contribution in [-0.2, 0) is 13.0 Å². The zero-order valence-corrected chi connectivity index (χ0v) is 13.0. The minimum atomic E-state index is 0.516. The molecule has 0 aromatic carbocycles. The maximum Gasteiger partial charge on any atom is 0.170 e. The van der Waals surface area contributed by atoms with E-state index in [1.165, 1.54) is 16.4 Å². The Morgan fingerprint density at radius 2 is 2.39 bits per heavy atom. The van der Waals surface area contributed by atoms with Crippen molar-refractivity contribution >= 4 is 34.6 Å². The summed E-state index contributed by atoms with van der Waals surface area (Å²) in [7, 11) is 0. The van der Waals surface area contributed by atoms with Crippen LogP contribution in [0.1, 0.15) is 24.5 Å². The van der Waals surface area contributed by atoms with Crippen LogP contribution in [0.3, 0.4) is 0 Å². The van der Waals surface area contributed by atoms with Gasteiger partial charge in [-0.15, -0.1) is 11.3 Å². The lowest BCUT2D eigenvalue weighted by atomic mass is 10.4. The van der Waals surface area contributed by atoms with Crippen molar-refractivity contribution in [3.05, 3.63) is 28.2 Å². The smallest absolute Gasteiger partial charge is 0.170 e. The van der Waals surface area contributed by atoms with Gasteiger partial charge in [-0.25, -0.2) is 4.98 Å². The molecular weight excluding hydrogens is 282 g/mol. The number of thiophene rings is 1. The molecule has 0 spiro atoms. The fraction of sp³-hybridized carbons (Fsp3) is 0.500. The van der Waals surface area contributed by atoms with Crippen molar-refractivity contribution in [2.75, 3.05) is 6.54 Å². The Hall–Kier alpha value is -0.430. The average Bonchev–Trinajstić information content (AvgIpc) is 3.00. The summed E-state index contributed by atoms with van der Waals surface area (Å²) in [5.41, 5.74) is 0. The van der Waals surface area contributed by atoms with Crippen LogP contribution in [0.4, 0.5) is 0 Å². The molecule has 0 amide bonds. The van der Waals surface area contributed by atoms with Crippen molar-refractivity contribution in [3.8, 4) is 0 Å². The molecule has 6 heteroatoms. The first-order chi connectivity index (χ1) is 8.78. The molecule has 0 radical (unpaired) electrons. The summed E-state index contributed by atoms with van der Waals surface area (Å²) >= 11 is 5.11. The number of thioether (sulfide) groups is 1. The molecule has 0 fully saturated rings. The van der Waals surface area contributed by atoms with Gasteiger partial charge >= 0.3 is 0 Å². The Morgan fingerprint density at radius 1 is 1.50 bits per heavy atom. The summed E-state index contributed by atoms with van der Waals surface area (Å²) in [6.45, 7) is 6.25. The highest BCUT2D eigenvalue weighted by Gasteiger charge is 2.08. The molecule has 0 bridgehead atoms. The molecule has 1 atom stereocenters. The number of hydrogen-bond acceptors (Lipinski definition) is 6. The molecule has 0 saturated heterocycles. The number of aryl methyl sites for hydroxylation is 1. The molecule has 0 saturated carbocycles. The standard InChI is InChI=1S/C12H17N3S3/c1-3-11-14-12(18-15-11)17-9(2)7-13-8-10-5-4-6-16-10/h4-6,9,13H,3,7-8H2,1-2H3. The normalized spacial score (nSPS) is 12.8. The van der Waals surface area contributed by atoms with E-state index in [-0.39, 0.29) is 0 Å². The van der Waals surface area contributed by atoms with Gasteiger partial charge in [0.05, 0.1) is 0 Å². The van der Waals surface area contributed by atoms with Crippen LogP contribution < -0.4 is 5.32 Å². The van der Waals surface area contributed by atoms with E-state index in [0.717, 1.165) is 29.7 Å². The number of rotatable bonds is 7. The molecule has 98 valence electrons. The molecular formula is C12H17N3S3. The first-order valence-electron chi connectivity index (χ1n) is 6.00. The summed E-state index contributed by atoms with van der Waals surface area (Å²) < 4.78 is 5.38.